The van der Waals surface area contributed by atoms with Gasteiger partial charge < -0.3 is 15.2 Å². The molecule has 0 aliphatic heterocycles. The third kappa shape index (κ3) is 6.29. The standard InChI is InChI=1S/C22H32N2O4/c1-22(2,3)28-21(27)24-19-16(12-8-14-18(19)25)11-7-10-15-9-5-6-13-17(15)20(26)23-4/h8,12-15,25H,5-7,9-11H2,1-4H3,(H,23,26)(H,24,27). The van der Waals surface area contributed by atoms with Crippen molar-refractivity contribution in [1.82, 2.24) is 5.32 Å². The molecule has 0 fully saturated rings. The predicted molar refractivity (Wildman–Crippen MR) is 110 cm³/mol. The Kier molecular flexibility index (Phi) is 7.49. The van der Waals surface area contributed by atoms with Gasteiger partial charge in [-0.25, -0.2) is 4.79 Å². The third-order valence-electron chi connectivity index (χ3n) is 4.80. The Bertz CT molecular complexity index is 735. The van der Waals surface area contributed by atoms with Crippen molar-refractivity contribution in [3.63, 3.8) is 0 Å². The summed E-state index contributed by atoms with van der Waals surface area (Å²) in [6, 6.07) is 5.20. The number of hydrogen-bond donors (Lipinski definition) is 3. The van der Waals surface area contributed by atoms with Crippen LogP contribution in [0.25, 0.3) is 0 Å². The molecule has 2 rings (SSSR count). The number of aryl methyl sites for hydroxylation is 1. The Morgan fingerprint density at radius 2 is 2.04 bits per heavy atom. The number of carbonyl (C=O) groups excluding carboxylic acids is 2. The maximum absolute atomic E-state index is 12.1. The van der Waals surface area contributed by atoms with Gasteiger partial charge in [0.05, 0.1) is 5.69 Å². The van der Waals surface area contributed by atoms with E-state index in [1.807, 2.05) is 6.07 Å². The maximum Gasteiger partial charge on any atom is 0.412 e. The van der Waals surface area contributed by atoms with Crippen molar-refractivity contribution in [3.05, 3.63) is 35.4 Å². The van der Waals surface area contributed by atoms with E-state index >= 15 is 0 Å². The summed E-state index contributed by atoms with van der Waals surface area (Å²) >= 11 is 0. The Labute approximate surface area is 167 Å². The topological polar surface area (TPSA) is 87.7 Å². The van der Waals surface area contributed by atoms with Gasteiger partial charge in [0, 0.05) is 12.6 Å². The smallest absolute Gasteiger partial charge is 0.412 e. The molecule has 6 heteroatoms. The zero-order valence-corrected chi connectivity index (χ0v) is 17.3. The van der Waals surface area contributed by atoms with Crippen molar-refractivity contribution in [1.29, 1.82) is 0 Å². The molecule has 28 heavy (non-hydrogen) atoms. The molecule has 1 atom stereocenters. The molecule has 154 valence electrons. The monoisotopic (exact) mass is 388 g/mol. The van der Waals surface area contributed by atoms with E-state index in [0.717, 1.165) is 43.2 Å². The molecule has 1 unspecified atom stereocenters. The van der Waals surface area contributed by atoms with Crippen molar-refractivity contribution >= 4 is 17.7 Å². The second kappa shape index (κ2) is 9.62. The van der Waals surface area contributed by atoms with E-state index in [-0.39, 0.29) is 17.6 Å². The lowest BCUT2D eigenvalue weighted by atomic mass is 9.83. The summed E-state index contributed by atoms with van der Waals surface area (Å²) in [4.78, 5) is 24.2. The van der Waals surface area contributed by atoms with Crippen molar-refractivity contribution in [3.8, 4) is 5.75 Å². The van der Waals surface area contributed by atoms with Gasteiger partial charge in [0.25, 0.3) is 0 Å². The fourth-order valence-corrected chi connectivity index (χ4v) is 3.55. The molecular formula is C22H32N2O4. The first-order chi connectivity index (χ1) is 13.2. The summed E-state index contributed by atoms with van der Waals surface area (Å²) in [5.41, 5.74) is 1.52. The number of nitrogens with one attached hydrogen (secondary N) is 2. The minimum Gasteiger partial charge on any atom is -0.506 e. The van der Waals surface area contributed by atoms with Gasteiger partial charge in [-0.05, 0) is 76.8 Å². The molecule has 1 aromatic rings. The maximum atomic E-state index is 12.1. The van der Waals surface area contributed by atoms with Crippen LogP contribution in [-0.2, 0) is 16.0 Å². The normalized spacial score (nSPS) is 16.9. The molecule has 1 aromatic carbocycles. The number of anilines is 1. The molecule has 2 amide bonds. The highest BCUT2D eigenvalue weighted by atomic mass is 16.6. The number of phenols is 1. The summed E-state index contributed by atoms with van der Waals surface area (Å²) < 4.78 is 5.29. The minimum absolute atomic E-state index is 0.00865. The molecule has 6 nitrogen and oxygen atoms in total. The molecule has 0 aromatic heterocycles. The van der Waals surface area contributed by atoms with Crippen molar-refractivity contribution in [2.75, 3.05) is 12.4 Å². The van der Waals surface area contributed by atoms with Gasteiger partial charge >= 0.3 is 6.09 Å². The van der Waals surface area contributed by atoms with Gasteiger partial charge in [0.2, 0.25) is 5.91 Å². The van der Waals surface area contributed by atoms with Gasteiger partial charge in [-0.1, -0.05) is 18.2 Å². The Balaban J connectivity index is 2.01. The second-order valence-corrected chi connectivity index (χ2v) is 8.20. The molecule has 0 saturated carbocycles. The molecule has 1 aliphatic rings. The number of ether oxygens (including phenoxy) is 1. The van der Waals surface area contributed by atoms with Crippen LogP contribution >= 0.6 is 0 Å². The summed E-state index contributed by atoms with van der Waals surface area (Å²) in [6.07, 6.45) is 6.97. The second-order valence-electron chi connectivity index (χ2n) is 8.20. The van der Waals surface area contributed by atoms with E-state index < -0.39 is 11.7 Å². The lowest BCUT2D eigenvalue weighted by Crippen LogP contribution is -2.27. The number of rotatable bonds is 6. The predicted octanol–water partition coefficient (Wildman–Crippen LogP) is 4.53. The van der Waals surface area contributed by atoms with Crippen molar-refractivity contribution < 1.29 is 19.4 Å². The van der Waals surface area contributed by atoms with Crippen molar-refractivity contribution in [2.24, 2.45) is 5.92 Å². The molecule has 0 bridgehead atoms. The van der Waals surface area contributed by atoms with E-state index in [1.165, 1.54) is 0 Å². The summed E-state index contributed by atoms with van der Waals surface area (Å²) in [7, 11) is 1.66. The summed E-state index contributed by atoms with van der Waals surface area (Å²) in [6.45, 7) is 5.38. The number of hydrogen-bond acceptors (Lipinski definition) is 4. The molecule has 0 spiro atoms. The molecular weight excluding hydrogens is 356 g/mol. The van der Waals surface area contributed by atoms with E-state index in [2.05, 4.69) is 16.7 Å². The van der Waals surface area contributed by atoms with Gasteiger partial charge in [-0.2, -0.15) is 0 Å². The quantitative estimate of drug-likeness (QED) is 0.625. The highest BCUT2D eigenvalue weighted by Crippen LogP contribution is 2.32. The van der Waals surface area contributed by atoms with Crippen LogP contribution < -0.4 is 10.6 Å². The van der Waals surface area contributed by atoms with Crippen LogP contribution in [0, 0.1) is 5.92 Å². The average Bonchev–Trinajstić information content (AvgIpc) is 2.62. The van der Waals surface area contributed by atoms with E-state index in [9.17, 15) is 14.7 Å². The number of amides is 2. The fraction of sp³-hybridized carbons (Fsp3) is 0.545. The molecule has 3 N–H and O–H groups in total. The first-order valence-electron chi connectivity index (χ1n) is 9.94. The van der Waals surface area contributed by atoms with Crippen LogP contribution in [0.5, 0.6) is 5.75 Å². The summed E-state index contributed by atoms with van der Waals surface area (Å²) in [5.74, 6) is 0.287. The molecule has 1 aliphatic carbocycles. The molecule has 0 saturated heterocycles. The Morgan fingerprint density at radius 1 is 1.29 bits per heavy atom. The third-order valence-corrected chi connectivity index (χ3v) is 4.80. The largest absolute Gasteiger partial charge is 0.506 e. The SMILES string of the molecule is CNC(=O)C1=CCCCC1CCCc1cccc(O)c1NC(=O)OC(C)(C)C. The van der Waals surface area contributed by atoms with Crippen molar-refractivity contribution in [2.45, 2.75) is 64.9 Å². The number of para-hydroxylation sites is 1. The highest BCUT2D eigenvalue weighted by Gasteiger charge is 2.23. The zero-order chi connectivity index (χ0) is 20.7. The Morgan fingerprint density at radius 3 is 2.71 bits per heavy atom. The van der Waals surface area contributed by atoms with Crippen LogP contribution in [0.4, 0.5) is 10.5 Å². The first kappa shape index (κ1) is 21.8. The number of phenolic OH excluding ortho intramolecular Hbond substituents is 1. The summed E-state index contributed by atoms with van der Waals surface area (Å²) in [5, 5.41) is 15.6. The Hall–Kier alpha value is -2.50. The molecule has 0 radical (unpaired) electrons. The van der Waals surface area contributed by atoms with E-state index in [1.54, 1.807) is 40.0 Å². The number of allylic oxidation sites excluding steroid dienone is 1. The first-order valence-corrected chi connectivity index (χ1v) is 9.94. The van der Waals surface area contributed by atoms with Gasteiger partial charge in [0.1, 0.15) is 11.4 Å². The molecule has 0 heterocycles. The number of likely N-dealkylation sites (N-methyl/N-ethyl adjacent to an activating group) is 1. The zero-order valence-electron chi connectivity index (χ0n) is 17.3. The lowest BCUT2D eigenvalue weighted by Gasteiger charge is -2.23. The number of aromatic hydroxyl groups is 1. The number of benzene rings is 1. The van der Waals surface area contributed by atoms with Gasteiger partial charge in [0.15, 0.2) is 0 Å². The van der Waals surface area contributed by atoms with Crippen LogP contribution in [-0.4, -0.2) is 29.8 Å². The minimum atomic E-state index is -0.613. The highest BCUT2D eigenvalue weighted by molar-refractivity contribution is 5.93. The van der Waals surface area contributed by atoms with E-state index in [4.69, 9.17) is 4.74 Å². The fourth-order valence-electron chi connectivity index (χ4n) is 3.55. The van der Waals surface area contributed by atoms with Gasteiger partial charge in [-0.3, -0.25) is 10.1 Å². The van der Waals surface area contributed by atoms with Crippen LogP contribution in [0.2, 0.25) is 0 Å². The number of carbonyl (C=O) groups is 2. The van der Waals surface area contributed by atoms with Crippen LogP contribution in [0.1, 0.15) is 58.4 Å². The van der Waals surface area contributed by atoms with E-state index in [0.29, 0.717) is 12.1 Å². The van der Waals surface area contributed by atoms with Gasteiger partial charge in [-0.15, -0.1) is 0 Å². The lowest BCUT2D eigenvalue weighted by molar-refractivity contribution is -0.117. The average molecular weight is 389 g/mol. The van der Waals surface area contributed by atoms with Crippen LogP contribution in [0.3, 0.4) is 0 Å². The van der Waals surface area contributed by atoms with Crippen LogP contribution in [0.15, 0.2) is 29.8 Å².